The van der Waals surface area contributed by atoms with Crippen LogP contribution in [-0.4, -0.2) is 38.7 Å². The van der Waals surface area contributed by atoms with Gasteiger partial charge in [0.05, 0.1) is 22.6 Å². The van der Waals surface area contributed by atoms with E-state index in [1.165, 1.54) is 6.42 Å². The Morgan fingerprint density at radius 3 is 2.66 bits per heavy atom. The number of piperidine rings is 1. The number of carboxylic acids is 1. The second kappa shape index (κ2) is 7.58. The number of nitrogens with one attached hydrogen (secondary N) is 1. The number of aryl methyl sites for hydroxylation is 1. The molecule has 3 aromatic rings. The Morgan fingerprint density at radius 2 is 1.97 bits per heavy atom. The lowest BCUT2D eigenvalue weighted by Crippen LogP contribution is -2.31. The first-order chi connectivity index (χ1) is 15.2. The Labute approximate surface area is 193 Å². The zero-order valence-electron chi connectivity index (χ0n) is 18.1. The Morgan fingerprint density at radius 1 is 1.25 bits per heavy atom. The molecule has 1 saturated heterocycles. The van der Waals surface area contributed by atoms with Gasteiger partial charge < -0.3 is 15.3 Å². The summed E-state index contributed by atoms with van der Waals surface area (Å²) in [6.07, 6.45) is 1.27. The van der Waals surface area contributed by atoms with Gasteiger partial charge in [-0.15, -0.1) is 0 Å². The number of fused-ring (bicyclic) bond motifs is 2. The van der Waals surface area contributed by atoms with Crippen LogP contribution in [0.5, 0.6) is 0 Å². The highest BCUT2D eigenvalue weighted by molar-refractivity contribution is 9.10. The average molecular weight is 498 g/mol. The van der Waals surface area contributed by atoms with Crippen LogP contribution in [-0.2, 0) is 7.05 Å². The van der Waals surface area contributed by atoms with Crippen LogP contribution in [0.15, 0.2) is 33.7 Å². The summed E-state index contributed by atoms with van der Waals surface area (Å²) in [4.78, 5) is 36.2. The van der Waals surface area contributed by atoms with Crippen molar-refractivity contribution in [2.75, 3.05) is 23.3 Å². The van der Waals surface area contributed by atoms with E-state index in [9.17, 15) is 14.7 Å². The van der Waals surface area contributed by atoms with Gasteiger partial charge in [0.1, 0.15) is 4.60 Å². The average Bonchev–Trinajstić information content (AvgIpc) is 3.36. The maximum atomic E-state index is 13.2. The van der Waals surface area contributed by atoms with Gasteiger partial charge >= 0.3 is 5.97 Å². The molecule has 3 heterocycles. The summed E-state index contributed by atoms with van der Waals surface area (Å²) in [5.41, 5.74) is 2.72. The van der Waals surface area contributed by atoms with Gasteiger partial charge in [-0.25, -0.2) is 14.8 Å². The maximum Gasteiger partial charge on any atom is 0.356 e. The summed E-state index contributed by atoms with van der Waals surface area (Å²) < 4.78 is 2.10. The molecule has 2 fully saturated rings. The van der Waals surface area contributed by atoms with Crippen molar-refractivity contribution in [3.63, 3.8) is 0 Å². The van der Waals surface area contributed by atoms with Gasteiger partial charge in [-0.1, -0.05) is 6.07 Å². The molecule has 0 amide bonds. The predicted octanol–water partition coefficient (Wildman–Crippen LogP) is 3.73. The molecule has 2 unspecified atom stereocenters. The number of aromatic nitrogens is 3. The van der Waals surface area contributed by atoms with Gasteiger partial charge in [0.2, 0.25) is 5.95 Å². The molecule has 0 radical (unpaired) electrons. The Bertz CT molecular complexity index is 1310. The highest BCUT2D eigenvalue weighted by Crippen LogP contribution is 2.46. The number of carboxylic acid groups (broad SMARTS) is 1. The second-order valence-electron chi connectivity index (χ2n) is 8.89. The van der Waals surface area contributed by atoms with Crippen molar-refractivity contribution in [1.29, 1.82) is 0 Å². The molecule has 1 aliphatic heterocycles. The topological polar surface area (TPSA) is 100 Å². The fraction of sp³-hybridized carbons (Fsp3) is 0.391. The molecule has 166 valence electrons. The highest BCUT2D eigenvalue weighted by atomic mass is 79.9. The molecule has 0 spiro atoms. The first kappa shape index (κ1) is 20.9. The number of carbonyl (C=O) groups is 1. The summed E-state index contributed by atoms with van der Waals surface area (Å²) >= 11 is 3.23. The molecule has 1 aromatic carbocycles. The van der Waals surface area contributed by atoms with E-state index in [0.717, 1.165) is 36.1 Å². The van der Waals surface area contributed by atoms with E-state index in [2.05, 4.69) is 31.1 Å². The van der Waals surface area contributed by atoms with Crippen LogP contribution in [0.2, 0.25) is 0 Å². The minimum Gasteiger partial charge on any atom is -0.476 e. The summed E-state index contributed by atoms with van der Waals surface area (Å²) in [5.74, 6) is 1.03. The minimum absolute atomic E-state index is 0.0657. The molecule has 8 nitrogen and oxygen atoms in total. The van der Waals surface area contributed by atoms with E-state index in [1.807, 2.05) is 26.0 Å². The molecule has 3 atom stereocenters. The molecular weight excluding hydrogens is 474 g/mol. The zero-order chi connectivity index (χ0) is 22.7. The number of hydrogen-bond donors (Lipinski definition) is 2. The molecular formula is C23H24BrN5O3. The monoisotopic (exact) mass is 497 g/mol. The van der Waals surface area contributed by atoms with Gasteiger partial charge in [0, 0.05) is 25.7 Å². The SMILES string of the molecule is Cc1cc([C@H](C)Nc2ccc(Br)nc2C(=O)O)c2nc(N3CC4CC4C3)n(C)c(=O)c2c1. The first-order valence-corrected chi connectivity index (χ1v) is 11.4. The van der Waals surface area contributed by atoms with Gasteiger partial charge in [0.25, 0.3) is 5.56 Å². The van der Waals surface area contributed by atoms with Crippen molar-refractivity contribution >= 4 is 44.4 Å². The van der Waals surface area contributed by atoms with Crippen molar-refractivity contribution < 1.29 is 9.90 Å². The lowest BCUT2D eigenvalue weighted by Gasteiger charge is -2.24. The van der Waals surface area contributed by atoms with Crippen LogP contribution in [0.25, 0.3) is 10.9 Å². The third kappa shape index (κ3) is 3.54. The molecule has 0 bridgehead atoms. The van der Waals surface area contributed by atoms with Gasteiger partial charge in [0.15, 0.2) is 5.69 Å². The summed E-state index contributed by atoms with van der Waals surface area (Å²) in [6, 6.07) is 6.96. The lowest BCUT2D eigenvalue weighted by molar-refractivity contribution is 0.0691. The van der Waals surface area contributed by atoms with Gasteiger partial charge in [-0.2, -0.15) is 0 Å². The summed E-state index contributed by atoms with van der Waals surface area (Å²) in [7, 11) is 1.78. The van der Waals surface area contributed by atoms with Crippen LogP contribution in [0.1, 0.15) is 41.0 Å². The number of benzene rings is 1. The van der Waals surface area contributed by atoms with Crippen molar-refractivity contribution in [3.8, 4) is 0 Å². The number of aromatic carboxylic acids is 1. The van der Waals surface area contributed by atoms with E-state index in [0.29, 0.717) is 27.1 Å². The molecule has 2 N–H and O–H groups in total. The fourth-order valence-electron chi connectivity index (χ4n) is 4.74. The molecule has 5 rings (SSSR count). The zero-order valence-corrected chi connectivity index (χ0v) is 19.7. The molecule has 2 aromatic heterocycles. The van der Waals surface area contributed by atoms with E-state index in [4.69, 9.17) is 4.98 Å². The summed E-state index contributed by atoms with van der Waals surface area (Å²) in [5, 5.41) is 13.4. The lowest BCUT2D eigenvalue weighted by atomic mass is 10.0. The van der Waals surface area contributed by atoms with E-state index >= 15 is 0 Å². The van der Waals surface area contributed by atoms with E-state index in [1.54, 1.807) is 23.7 Å². The largest absolute Gasteiger partial charge is 0.476 e. The number of pyridine rings is 1. The number of halogens is 1. The maximum absolute atomic E-state index is 13.2. The molecule has 2 aliphatic rings. The Kier molecular flexibility index (Phi) is 4.96. The number of anilines is 2. The van der Waals surface area contributed by atoms with Crippen LogP contribution in [0, 0.1) is 18.8 Å². The van der Waals surface area contributed by atoms with Crippen LogP contribution in [0.4, 0.5) is 11.6 Å². The quantitative estimate of drug-likeness (QED) is 0.517. The third-order valence-corrected chi connectivity index (χ3v) is 6.94. The smallest absolute Gasteiger partial charge is 0.356 e. The number of nitrogens with zero attached hydrogens (tertiary/aromatic N) is 4. The van der Waals surface area contributed by atoms with Crippen LogP contribution < -0.4 is 15.8 Å². The van der Waals surface area contributed by atoms with Crippen molar-refractivity contribution in [2.24, 2.45) is 18.9 Å². The van der Waals surface area contributed by atoms with Crippen LogP contribution in [0.3, 0.4) is 0 Å². The number of hydrogen-bond acceptors (Lipinski definition) is 6. The molecule has 1 aliphatic carbocycles. The van der Waals surface area contributed by atoms with Crippen molar-refractivity contribution in [1.82, 2.24) is 14.5 Å². The Balaban J connectivity index is 1.60. The van der Waals surface area contributed by atoms with Crippen LogP contribution >= 0.6 is 15.9 Å². The minimum atomic E-state index is -1.11. The summed E-state index contributed by atoms with van der Waals surface area (Å²) in [6.45, 7) is 5.77. The van der Waals surface area contributed by atoms with E-state index < -0.39 is 5.97 Å². The normalized spacial score (nSPS) is 20.3. The Hall–Kier alpha value is -2.94. The fourth-order valence-corrected chi connectivity index (χ4v) is 5.05. The van der Waals surface area contributed by atoms with E-state index in [-0.39, 0.29) is 17.3 Å². The molecule has 1 saturated carbocycles. The molecule has 9 heteroatoms. The first-order valence-electron chi connectivity index (χ1n) is 10.7. The standard InChI is InChI=1S/C23H24BrN5O3/c1-11-6-15(12(2)25-17-4-5-18(24)26-20(17)22(31)32)19-16(7-11)21(30)28(3)23(27-19)29-9-13-8-14(13)10-29/h4-7,12-14,25H,8-10H2,1-3H3,(H,31,32)/t12-,13?,14?/m0/s1. The second-order valence-corrected chi connectivity index (χ2v) is 9.70. The van der Waals surface area contributed by atoms with Gasteiger partial charge in [-0.3, -0.25) is 9.36 Å². The number of rotatable bonds is 5. The van der Waals surface area contributed by atoms with Crippen molar-refractivity contribution in [3.05, 3.63) is 56.0 Å². The van der Waals surface area contributed by atoms with Crippen molar-refractivity contribution in [2.45, 2.75) is 26.3 Å². The van der Waals surface area contributed by atoms with Gasteiger partial charge in [-0.05, 0) is 71.8 Å². The highest BCUT2D eigenvalue weighted by Gasteiger charge is 2.46. The predicted molar refractivity (Wildman–Crippen MR) is 126 cm³/mol. The molecule has 32 heavy (non-hydrogen) atoms. The third-order valence-electron chi connectivity index (χ3n) is 6.49.